The van der Waals surface area contributed by atoms with Crippen LogP contribution in [0.15, 0.2) is 91.0 Å². The number of unbranched alkanes of at least 4 members (excludes halogenated alkanes) is 3. The van der Waals surface area contributed by atoms with Crippen LogP contribution in [0, 0.1) is 0 Å². The lowest BCUT2D eigenvalue weighted by Crippen LogP contribution is -2.02. The van der Waals surface area contributed by atoms with E-state index in [9.17, 15) is 0 Å². The summed E-state index contributed by atoms with van der Waals surface area (Å²) in [5, 5.41) is 0. The lowest BCUT2D eigenvalue weighted by molar-refractivity contribution is 0.155. The van der Waals surface area contributed by atoms with Crippen LogP contribution in [-0.2, 0) is 13.6 Å². The molecule has 0 aliphatic heterocycles. The van der Waals surface area contributed by atoms with E-state index in [1.54, 1.807) is 0 Å². The molecule has 0 aromatic heterocycles. The Balaban J connectivity index is 0.000000284. The summed E-state index contributed by atoms with van der Waals surface area (Å²) in [5.74, 6) is 2.13. The Morgan fingerprint density at radius 2 is 0.711 bits per heavy atom. The van der Waals surface area contributed by atoms with E-state index in [0.717, 1.165) is 58.3 Å². The number of hydrogen-bond donors (Lipinski definition) is 0. The molecule has 0 unspecified atom stereocenters. The molecule has 0 saturated carbocycles. The first-order valence-electron chi connectivity index (χ1n) is 13.4. The standard InChI is InChI=1S/C18H15O3P.C12H27O3P/c1-4-10-16(11-5-1)19-22(20-17-12-6-2-7-13-17)21-18-14-8-3-9-15-18;1-4-7-10-13-16(14-11-8-5-2)15-12-9-6-3/h1-15H;4-12H2,1-3H3. The van der Waals surface area contributed by atoms with Crippen molar-refractivity contribution in [2.24, 2.45) is 0 Å². The van der Waals surface area contributed by atoms with Crippen molar-refractivity contribution in [1.29, 1.82) is 0 Å². The van der Waals surface area contributed by atoms with Crippen LogP contribution in [-0.4, -0.2) is 19.8 Å². The zero-order valence-corrected chi connectivity index (χ0v) is 24.7. The lowest BCUT2D eigenvalue weighted by Gasteiger charge is -2.17. The van der Waals surface area contributed by atoms with Crippen molar-refractivity contribution in [3.05, 3.63) is 91.0 Å². The Hall–Kier alpha value is -2.20. The fraction of sp³-hybridized carbons (Fsp3) is 0.400. The summed E-state index contributed by atoms with van der Waals surface area (Å²) in [6, 6.07) is 28.5. The first kappa shape index (κ1) is 32.0. The molecule has 0 atom stereocenters. The minimum absolute atomic E-state index is 0.709. The molecule has 0 heterocycles. The molecule has 0 radical (unpaired) electrons. The molecule has 38 heavy (non-hydrogen) atoms. The van der Waals surface area contributed by atoms with Crippen molar-refractivity contribution in [2.45, 2.75) is 59.3 Å². The Kier molecular flexibility index (Phi) is 18.3. The number of hydrogen-bond acceptors (Lipinski definition) is 6. The van der Waals surface area contributed by atoms with Gasteiger partial charge in [0.25, 0.3) is 0 Å². The molecule has 3 aromatic carbocycles. The second-order valence-corrected chi connectivity index (χ2v) is 10.4. The predicted octanol–water partition coefficient (Wildman–Crippen LogP) is 10.1. The molecule has 6 nitrogen and oxygen atoms in total. The van der Waals surface area contributed by atoms with Gasteiger partial charge in [0, 0.05) is 0 Å². The summed E-state index contributed by atoms with van der Waals surface area (Å²) in [5.41, 5.74) is 0. The number of rotatable bonds is 18. The molecule has 0 spiro atoms. The van der Waals surface area contributed by atoms with Crippen molar-refractivity contribution in [3.63, 3.8) is 0 Å². The van der Waals surface area contributed by atoms with Gasteiger partial charge in [0.15, 0.2) is 0 Å². The highest BCUT2D eigenvalue weighted by Gasteiger charge is 2.19. The second kappa shape index (κ2) is 21.7. The highest BCUT2D eigenvalue weighted by Crippen LogP contribution is 2.42. The molecule has 0 N–H and O–H groups in total. The molecule has 0 fully saturated rings. The van der Waals surface area contributed by atoms with Gasteiger partial charge >= 0.3 is 17.2 Å². The molecule has 208 valence electrons. The lowest BCUT2D eigenvalue weighted by atomic mass is 10.3. The van der Waals surface area contributed by atoms with Crippen LogP contribution in [0.2, 0.25) is 0 Å². The summed E-state index contributed by atoms with van der Waals surface area (Å²) < 4.78 is 34.3. The molecule has 3 rings (SSSR count). The van der Waals surface area contributed by atoms with Crippen molar-refractivity contribution in [2.75, 3.05) is 19.8 Å². The SMILES string of the molecule is CCCCOP(OCCCC)OCCCC.c1ccc(OP(Oc2ccccc2)Oc2ccccc2)cc1. The van der Waals surface area contributed by atoms with Gasteiger partial charge in [0.1, 0.15) is 17.2 Å². The van der Waals surface area contributed by atoms with E-state index in [4.69, 9.17) is 27.1 Å². The summed E-state index contributed by atoms with van der Waals surface area (Å²) >= 11 is 0. The van der Waals surface area contributed by atoms with Gasteiger partial charge in [-0.15, -0.1) is 0 Å². The first-order chi connectivity index (χ1) is 18.7. The van der Waals surface area contributed by atoms with Crippen LogP contribution >= 0.6 is 17.2 Å². The van der Waals surface area contributed by atoms with Crippen LogP contribution in [0.4, 0.5) is 0 Å². The molecule has 3 aromatic rings. The predicted molar refractivity (Wildman–Crippen MR) is 158 cm³/mol. The van der Waals surface area contributed by atoms with E-state index >= 15 is 0 Å². The maximum atomic E-state index is 5.84. The van der Waals surface area contributed by atoms with Crippen LogP contribution in [0.25, 0.3) is 0 Å². The zero-order valence-electron chi connectivity index (χ0n) is 22.9. The van der Waals surface area contributed by atoms with E-state index in [-0.39, 0.29) is 0 Å². The van der Waals surface area contributed by atoms with E-state index in [2.05, 4.69) is 20.8 Å². The first-order valence-corrected chi connectivity index (χ1v) is 15.6. The topological polar surface area (TPSA) is 55.4 Å². The van der Waals surface area contributed by atoms with Crippen molar-refractivity contribution in [1.82, 2.24) is 0 Å². The minimum atomic E-state index is -1.59. The Morgan fingerprint density at radius 3 is 0.974 bits per heavy atom. The highest BCUT2D eigenvalue weighted by molar-refractivity contribution is 7.43. The van der Waals surface area contributed by atoms with E-state index < -0.39 is 17.2 Å². The van der Waals surface area contributed by atoms with Crippen LogP contribution < -0.4 is 13.6 Å². The van der Waals surface area contributed by atoms with Crippen LogP contribution in [0.5, 0.6) is 17.2 Å². The van der Waals surface area contributed by atoms with Gasteiger partial charge < -0.3 is 27.1 Å². The van der Waals surface area contributed by atoms with Crippen LogP contribution in [0.1, 0.15) is 59.3 Å². The molecule has 0 saturated heterocycles. The average Bonchev–Trinajstić information content (AvgIpc) is 2.95. The van der Waals surface area contributed by atoms with Crippen molar-refractivity contribution in [3.8, 4) is 17.2 Å². The van der Waals surface area contributed by atoms with Gasteiger partial charge in [-0.25, -0.2) is 0 Å². The second-order valence-electron chi connectivity index (χ2n) is 8.22. The van der Waals surface area contributed by atoms with Gasteiger partial charge in [-0.2, -0.15) is 0 Å². The summed E-state index contributed by atoms with van der Waals surface area (Å²) in [7, 11) is -2.68. The third kappa shape index (κ3) is 15.3. The fourth-order valence-electron chi connectivity index (χ4n) is 2.72. The average molecular weight is 561 g/mol. The molecule has 0 amide bonds. The smallest absolute Gasteiger partial charge is 0.409 e. The van der Waals surface area contributed by atoms with Gasteiger partial charge in [0.2, 0.25) is 0 Å². The third-order valence-corrected chi connectivity index (χ3v) is 7.11. The quantitative estimate of drug-likeness (QED) is 0.114. The van der Waals surface area contributed by atoms with Crippen LogP contribution in [0.3, 0.4) is 0 Å². The fourth-order valence-corrected chi connectivity index (χ4v) is 4.77. The molecule has 8 heteroatoms. The maximum Gasteiger partial charge on any atom is 0.530 e. The Bertz CT molecular complexity index is 795. The van der Waals surface area contributed by atoms with Gasteiger partial charge in [-0.1, -0.05) is 94.6 Å². The molecular formula is C30H42O6P2. The third-order valence-electron chi connectivity index (χ3n) is 4.85. The van der Waals surface area contributed by atoms with Crippen molar-refractivity contribution < 1.29 is 27.1 Å². The zero-order chi connectivity index (χ0) is 27.1. The Morgan fingerprint density at radius 1 is 0.421 bits per heavy atom. The van der Waals surface area contributed by atoms with E-state index in [0.29, 0.717) is 17.2 Å². The highest BCUT2D eigenvalue weighted by atomic mass is 31.2. The summed E-state index contributed by atoms with van der Waals surface area (Å²) in [4.78, 5) is 0. The van der Waals surface area contributed by atoms with E-state index in [1.165, 1.54) is 0 Å². The Labute approximate surface area is 231 Å². The maximum absolute atomic E-state index is 5.84. The summed E-state index contributed by atoms with van der Waals surface area (Å²) in [6.07, 6.45) is 6.67. The molecule has 0 aliphatic carbocycles. The van der Waals surface area contributed by atoms with E-state index in [1.807, 2.05) is 91.0 Å². The molecule has 0 bridgehead atoms. The summed E-state index contributed by atoms with van der Waals surface area (Å²) in [6.45, 7) is 8.71. The van der Waals surface area contributed by atoms with Gasteiger partial charge in [0.05, 0.1) is 19.8 Å². The monoisotopic (exact) mass is 560 g/mol. The molecular weight excluding hydrogens is 518 g/mol. The van der Waals surface area contributed by atoms with Gasteiger partial charge in [-0.05, 0) is 55.7 Å². The normalized spacial score (nSPS) is 10.7. The number of benzene rings is 3. The minimum Gasteiger partial charge on any atom is -0.409 e. The van der Waals surface area contributed by atoms with Crippen molar-refractivity contribution >= 4 is 17.2 Å². The number of para-hydroxylation sites is 3. The largest absolute Gasteiger partial charge is 0.530 e. The molecule has 0 aliphatic rings. The van der Waals surface area contributed by atoms with Gasteiger partial charge in [-0.3, -0.25) is 0 Å².